The van der Waals surface area contributed by atoms with E-state index in [1.54, 1.807) is 13.8 Å². The van der Waals surface area contributed by atoms with Crippen LogP contribution in [0.5, 0.6) is 11.5 Å². The SMILES string of the molecule is CC[C@H](C)[C@@H](C(=O)O)N(C(=O)C1Cc2ccccc2CN1)S(=O)(=O)c1ccc(OC)c(OC)c1. The first-order valence-electron chi connectivity index (χ1n) is 11.0. The Hall–Kier alpha value is -3.11. The summed E-state index contributed by atoms with van der Waals surface area (Å²) in [5.74, 6) is -2.36. The molecule has 1 aliphatic rings. The van der Waals surface area contributed by atoms with E-state index in [2.05, 4.69) is 5.32 Å². The van der Waals surface area contributed by atoms with Gasteiger partial charge in [-0.15, -0.1) is 0 Å². The van der Waals surface area contributed by atoms with Gasteiger partial charge in [-0.1, -0.05) is 44.5 Å². The number of ether oxygens (including phenoxy) is 2. The van der Waals surface area contributed by atoms with Gasteiger partial charge in [-0.05, 0) is 35.6 Å². The zero-order valence-electron chi connectivity index (χ0n) is 19.6. The number of carboxylic acids is 1. The lowest BCUT2D eigenvalue weighted by atomic mass is 9.94. The first-order chi connectivity index (χ1) is 16.1. The second-order valence-electron chi connectivity index (χ2n) is 8.23. The highest BCUT2D eigenvalue weighted by atomic mass is 32.2. The zero-order valence-corrected chi connectivity index (χ0v) is 20.5. The van der Waals surface area contributed by atoms with Crippen LogP contribution in [0.25, 0.3) is 0 Å². The lowest BCUT2D eigenvalue weighted by Crippen LogP contribution is -2.58. The summed E-state index contributed by atoms with van der Waals surface area (Å²) in [4.78, 5) is 25.8. The topological polar surface area (TPSA) is 122 Å². The average Bonchev–Trinajstić information content (AvgIpc) is 2.85. The predicted octanol–water partition coefficient (Wildman–Crippen LogP) is 2.43. The number of nitrogens with one attached hydrogen (secondary N) is 1. The van der Waals surface area contributed by atoms with Crippen LogP contribution in [0, 0.1) is 5.92 Å². The van der Waals surface area contributed by atoms with Crippen molar-refractivity contribution >= 4 is 21.9 Å². The van der Waals surface area contributed by atoms with Gasteiger partial charge in [0, 0.05) is 12.6 Å². The molecule has 0 aromatic heterocycles. The number of aliphatic carboxylic acids is 1. The van der Waals surface area contributed by atoms with Crippen LogP contribution in [-0.2, 0) is 32.6 Å². The van der Waals surface area contributed by atoms with Gasteiger partial charge in [-0.25, -0.2) is 17.5 Å². The molecule has 1 amide bonds. The number of fused-ring (bicyclic) bond motifs is 1. The first-order valence-corrected chi connectivity index (χ1v) is 12.4. The number of benzene rings is 2. The van der Waals surface area contributed by atoms with Crippen LogP contribution in [0.4, 0.5) is 0 Å². The summed E-state index contributed by atoms with van der Waals surface area (Å²) >= 11 is 0. The molecule has 0 bridgehead atoms. The fraction of sp³-hybridized carbons (Fsp3) is 0.417. The molecule has 0 fully saturated rings. The molecular formula is C24H30N2O7S. The van der Waals surface area contributed by atoms with Crippen molar-refractivity contribution in [3.63, 3.8) is 0 Å². The molecule has 0 radical (unpaired) electrons. The molecule has 0 saturated carbocycles. The van der Waals surface area contributed by atoms with Crippen LogP contribution < -0.4 is 14.8 Å². The molecule has 3 rings (SSSR count). The van der Waals surface area contributed by atoms with Crippen LogP contribution in [0.2, 0.25) is 0 Å². The molecule has 2 aromatic rings. The highest BCUT2D eigenvalue weighted by Crippen LogP contribution is 2.33. The molecule has 1 unspecified atom stereocenters. The molecule has 34 heavy (non-hydrogen) atoms. The van der Waals surface area contributed by atoms with Gasteiger partial charge in [0.2, 0.25) is 0 Å². The Labute approximate surface area is 199 Å². The minimum atomic E-state index is -4.56. The maximum Gasteiger partial charge on any atom is 0.327 e. The number of sulfonamides is 1. The third-order valence-corrected chi connectivity index (χ3v) is 7.97. The second-order valence-corrected chi connectivity index (χ2v) is 10.0. The van der Waals surface area contributed by atoms with Gasteiger partial charge in [-0.2, -0.15) is 0 Å². The highest BCUT2D eigenvalue weighted by Gasteiger charge is 2.45. The van der Waals surface area contributed by atoms with Crippen LogP contribution in [0.3, 0.4) is 0 Å². The molecule has 0 spiro atoms. The molecule has 1 aliphatic heterocycles. The molecule has 0 saturated heterocycles. The van der Waals surface area contributed by atoms with Crippen molar-refractivity contribution in [2.75, 3.05) is 14.2 Å². The minimum Gasteiger partial charge on any atom is -0.493 e. The lowest BCUT2D eigenvalue weighted by molar-refractivity contribution is -0.148. The van der Waals surface area contributed by atoms with E-state index >= 15 is 0 Å². The number of amides is 1. The van der Waals surface area contributed by atoms with Crippen molar-refractivity contribution in [2.24, 2.45) is 5.92 Å². The summed E-state index contributed by atoms with van der Waals surface area (Å²) in [5, 5.41) is 13.1. The number of carbonyl (C=O) groups is 2. The fourth-order valence-corrected chi connectivity index (χ4v) is 5.76. The summed E-state index contributed by atoms with van der Waals surface area (Å²) in [7, 11) is -1.78. The maximum atomic E-state index is 13.8. The number of carboxylic acid groups (broad SMARTS) is 1. The van der Waals surface area contributed by atoms with Gasteiger partial charge >= 0.3 is 5.97 Å². The molecule has 3 atom stereocenters. The summed E-state index contributed by atoms with van der Waals surface area (Å²) in [5.41, 5.74) is 1.93. The first kappa shape index (κ1) is 25.5. The zero-order chi connectivity index (χ0) is 25.0. The van der Waals surface area contributed by atoms with E-state index in [9.17, 15) is 23.1 Å². The minimum absolute atomic E-state index is 0.149. The number of nitrogens with zero attached hydrogens (tertiary/aromatic N) is 1. The van der Waals surface area contributed by atoms with E-state index in [4.69, 9.17) is 9.47 Å². The molecule has 2 aromatic carbocycles. The third-order valence-electron chi connectivity index (χ3n) is 6.20. The Bertz CT molecular complexity index is 1170. The van der Waals surface area contributed by atoms with Gasteiger partial charge in [0.15, 0.2) is 11.5 Å². The van der Waals surface area contributed by atoms with Gasteiger partial charge in [0.25, 0.3) is 15.9 Å². The summed E-state index contributed by atoms with van der Waals surface area (Å²) in [6, 6.07) is 8.99. The molecule has 0 aliphatic carbocycles. The van der Waals surface area contributed by atoms with E-state index in [1.807, 2.05) is 24.3 Å². The van der Waals surface area contributed by atoms with Gasteiger partial charge in [-0.3, -0.25) is 4.79 Å². The summed E-state index contributed by atoms with van der Waals surface area (Å²) < 4.78 is 38.6. The number of rotatable bonds is 9. The Kier molecular flexibility index (Phi) is 7.83. The number of methoxy groups -OCH3 is 2. The fourth-order valence-electron chi connectivity index (χ4n) is 4.08. The van der Waals surface area contributed by atoms with E-state index in [1.165, 1.54) is 32.4 Å². The van der Waals surface area contributed by atoms with Gasteiger partial charge < -0.3 is 19.9 Å². The Morgan fingerprint density at radius 2 is 1.76 bits per heavy atom. The quantitative estimate of drug-likeness (QED) is 0.550. The van der Waals surface area contributed by atoms with Crippen LogP contribution in [0.1, 0.15) is 31.4 Å². The van der Waals surface area contributed by atoms with Gasteiger partial charge in [0.1, 0.15) is 6.04 Å². The Balaban J connectivity index is 2.10. The second kappa shape index (κ2) is 10.4. The number of hydrogen-bond acceptors (Lipinski definition) is 7. The molecule has 1 heterocycles. The molecule has 2 N–H and O–H groups in total. The van der Waals surface area contributed by atoms with Crippen molar-refractivity contribution in [2.45, 2.75) is 50.2 Å². The molecular weight excluding hydrogens is 460 g/mol. The predicted molar refractivity (Wildman–Crippen MR) is 125 cm³/mol. The molecule has 184 valence electrons. The maximum absolute atomic E-state index is 13.8. The number of carbonyl (C=O) groups excluding carboxylic acids is 1. The van der Waals surface area contributed by atoms with Gasteiger partial charge in [0.05, 0.1) is 25.2 Å². The van der Waals surface area contributed by atoms with E-state index < -0.39 is 39.9 Å². The van der Waals surface area contributed by atoms with Crippen molar-refractivity contribution in [1.29, 1.82) is 0 Å². The standard InChI is InChI=1S/C24H30N2O7S/c1-5-15(2)22(24(28)29)26(23(27)19-12-16-8-6-7-9-17(16)14-25-19)34(30,31)18-10-11-20(32-3)21(13-18)33-4/h6-11,13,15,19,22,25H,5,12,14H2,1-4H3,(H,28,29)/t15-,19?,22-/m0/s1. The lowest BCUT2D eigenvalue weighted by Gasteiger charge is -2.35. The van der Waals surface area contributed by atoms with E-state index in [-0.39, 0.29) is 17.1 Å². The van der Waals surface area contributed by atoms with E-state index in [0.717, 1.165) is 11.1 Å². The molecule has 9 nitrogen and oxygen atoms in total. The van der Waals surface area contributed by atoms with Crippen molar-refractivity contribution in [3.05, 3.63) is 53.6 Å². The highest BCUT2D eigenvalue weighted by molar-refractivity contribution is 7.89. The van der Waals surface area contributed by atoms with Crippen LogP contribution >= 0.6 is 0 Å². The molecule has 10 heteroatoms. The third kappa shape index (κ3) is 4.88. The van der Waals surface area contributed by atoms with E-state index in [0.29, 0.717) is 23.0 Å². The largest absolute Gasteiger partial charge is 0.493 e. The smallest absolute Gasteiger partial charge is 0.327 e. The van der Waals surface area contributed by atoms with Crippen molar-refractivity contribution in [3.8, 4) is 11.5 Å². The van der Waals surface area contributed by atoms with Crippen LogP contribution in [0.15, 0.2) is 47.4 Å². The normalized spacial score (nSPS) is 17.2. The number of hydrogen-bond donors (Lipinski definition) is 2. The van der Waals surface area contributed by atoms with Crippen molar-refractivity contribution in [1.82, 2.24) is 9.62 Å². The Morgan fingerprint density at radius 3 is 2.35 bits per heavy atom. The summed E-state index contributed by atoms with van der Waals surface area (Å²) in [6.45, 7) is 3.74. The van der Waals surface area contributed by atoms with Crippen LogP contribution in [-0.4, -0.2) is 56.0 Å². The average molecular weight is 491 g/mol. The summed E-state index contributed by atoms with van der Waals surface area (Å²) in [6.07, 6.45) is 0.614. The van der Waals surface area contributed by atoms with Crippen molar-refractivity contribution < 1.29 is 32.6 Å². The Morgan fingerprint density at radius 1 is 1.12 bits per heavy atom. The monoisotopic (exact) mass is 490 g/mol.